The number of rotatable bonds is 6. The second-order valence-corrected chi connectivity index (χ2v) is 6.18. The smallest absolute Gasteiger partial charge is 0.262 e. The summed E-state index contributed by atoms with van der Waals surface area (Å²) < 4.78 is 5.45. The van der Waals surface area contributed by atoms with Crippen LogP contribution in [0.25, 0.3) is 22.4 Å². The Kier molecular flexibility index (Phi) is 4.84. The minimum Gasteiger partial charge on any atom is -0.483 e. The topological polar surface area (TPSA) is 84.1 Å². The zero-order valence-corrected chi connectivity index (χ0v) is 14.9. The van der Waals surface area contributed by atoms with Crippen molar-refractivity contribution in [1.29, 1.82) is 0 Å². The number of nitrogens with zero attached hydrogens (tertiary/aromatic N) is 1. The largest absolute Gasteiger partial charge is 0.483 e. The highest BCUT2D eigenvalue weighted by molar-refractivity contribution is 5.93. The Labute approximate surface area is 161 Å². The summed E-state index contributed by atoms with van der Waals surface area (Å²) in [6, 6.07) is 22.0. The summed E-state index contributed by atoms with van der Waals surface area (Å²) in [5.74, 6) is 0.791. The Morgan fingerprint density at radius 3 is 2.71 bits per heavy atom. The van der Waals surface area contributed by atoms with E-state index < -0.39 is 0 Å². The molecule has 0 aliphatic rings. The molecular weight excluding hydrogens is 354 g/mol. The quantitative estimate of drug-likeness (QED) is 0.501. The first-order chi connectivity index (χ1) is 13.7. The third-order valence-electron chi connectivity index (χ3n) is 4.21. The molecule has 28 heavy (non-hydrogen) atoms. The highest BCUT2D eigenvalue weighted by Gasteiger charge is 2.09. The van der Waals surface area contributed by atoms with Crippen LogP contribution in [0.2, 0.25) is 0 Å². The van der Waals surface area contributed by atoms with Crippen LogP contribution < -0.4 is 10.1 Å². The van der Waals surface area contributed by atoms with Gasteiger partial charge < -0.3 is 15.0 Å². The number of para-hydroxylation sites is 3. The van der Waals surface area contributed by atoms with Gasteiger partial charge in [0.05, 0.1) is 16.6 Å². The van der Waals surface area contributed by atoms with Gasteiger partial charge in [0.25, 0.3) is 5.91 Å². The van der Waals surface area contributed by atoms with Crippen LogP contribution >= 0.6 is 0 Å². The second-order valence-electron chi connectivity index (χ2n) is 6.18. The number of hydrogen-bond donors (Lipinski definition) is 2. The molecule has 4 aromatic rings. The number of anilines is 1. The highest BCUT2D eigenvalue weighted by atomic mass is 16.5. The molecule has 0 fully saturated rings. The summed E-state index contributed by atoms with van der Waals surface area (Å²) in [4.78, 5) is 31.1. The maximum absolute atomic E-state index is 12.2. The van der Waals surface area contributed by atoms with Crippen LogP contribution in [0.4, 0.5) is 5.69 Å². The van der Waals surface area contributed by atoms with Gasteiger partial charge in [0, 0.05) is 11.3 Å². The number of aromatic nitrogens is 2. The minimum absolute atomic E-state index is 0.195. The standard InChI is InChI=1S/C22H17N3O3/c26-13-16-6-1-4-11-20(16)28-14-21(27)23-17-8-5-7-15(12-17)22-24-18-9-2-3-10-19(18)25-22/h1-13H,14H2,(H,23,27)(H,24,25). The summed E-state index contributed by atoms with van der Waals surface area (Å²) in [5, 5.41) is 2.80. The fourth-order valence-corrected chi connectivity index (χ4v) is 2.88. The van der Waals surface area contributed by atoms with Crippen molar-refractivity contribution in [3.05, 3.63) is 78.4 Å². The first kappa shape index (κ1) is 17.5. The molecule has 3 aromatic carbocycles. The fraction of sp³-hybridized carbons (Fsp3) is 0.0455. The molecule has 0 spiro atoms. The number of fused-ring (bicyclic) bond motifs is 1. The molecule has 0 aliphatic heterocycles. The Bertz CT molecular complexity index is 1120. The highest BCUT2D eigenvalue weighted by Crippen LogP contribution is 2.23. The number of benzene rings is 3. The van der Waals surface area contributed by atoms with Crippen molar-refractivity contribution in [2.75, 3.05) is 11.9 Å². The number of carbonyl (C=O) groups is 2. The summed E-state index contributed by atoms with van der Waals surface area (Å²) >= 11 is 0. The molecule has 1 aromatic heterocycles. The lowest BCUT2D eigenvalue weighted by molar-refractivity contribution is -0.118. The van der Waals surface area contributed by atoms with Gasteiger partial charge in [-0.3, -0.25) is 9.59 Å². The lowest BCUT2D eigenvalue weighted by atomic mass is 10.2. The zero-order valence-electron chi connectivity index (χ0n) is 14.9. The predicted octanol–water partition coefficient (Wildman–Crippen LogP) is 4.06. The van der Waals surface area contributed by atoms with Gasteiger partial charge in [0.2, 0.25) is 0 Å². The molecule has 0 radical (unpaired) electrons. The van der Waals surface area contributed by atoms with Gasteiger partial charge in [-0.15, -0.1) is 0 Å². The van der Waals surface area contributed by atoms with Crippen molar-refractivity contribution in [2.24, 2.45) is 0 Å². The molecule has 0 saturated heterocycles. The predicted molar refractivity (Wildman–Crippen MR) is 107 cm³/mol. The average Bonchev–Trinajstić information content (AvgIpc) is 3.17. The SMILES string of the molecule is O=Cc1ccccc1OCC(=O)Nc1cccc(-c2nc3ccccc3[nH]2)c1. The Morgan fingerprint density at radius 2 is 1.86 bits per heavy atom. The van der Waals surface area contributed by atoms with E-state index in [1.165, 1.54) is 0 Å². The zero-order chi connectivity index (χ0) is 19.3. The van der Waals surface area contributed by atoms with Crippen molar-refractivity contribution in [3.8, 4) is 17.1 Å². The molecule has 0 bridgehead atoms. The lowest BCUT2D eigenvalue weighted by Gasteiger charge is -2.09. The maximum Gasteiger partial charge on any atom is 0.262 e. The third-order valence-corrected chi connectivity index (χ3v) is 4.21. The number of carbonyl (C=O) groups excluding carboxylic acids is 2. The molecule has 6 heteroatoms. The molecule has 2 N–H and O–H groups in total. The molecule has 0 saturated carbocycles. The summed E-state index contributed by atoms with van der Waals surface area (Å²) in [6.07, 6.45) is 0.698. The minimum atomic E-state index is -0.317. The Balaban J connectivity index is 1.45. The Morgan fingerprint density at radius 1 is 1.04 bits per heavy atom. The maximum atomic E-state index is 12.2. The number of nitrogens with one attached hydrogen (secondary N) is 2. The van der Waals surface area contributed by atoms with Gasteiger partial charge >= 0.3 is 0 Å². The van der Waals surface area contributed by atoms with E-state index in [0.717, 1.165) is 22.4 Å². The van der Waals surface area contributed by atoms with E-state index in [1.807, 2.05) is 42.5 Å². The molecule has 0 aliphatic carbocycles. The number of ether oxygens (including phenoxy) is 1. The van der Waals surface area contributed by atoms with Crippen LogP contribution in [0.15, 0.2) is 72.8 Å². The van der Waals surface area contributed by atoms with E-state index in [0.29, 0.717) is 23.3 Å². The van der Waals surface area contributed by atoms with Crippen LogP contribution in [-0.2, 0) is 4.79 Å². The number of H-pyrrole nitrogens is 1. The first-order valence-electron chi connectivity index (χ1n) is 8.75. The van der Waals surface area contributed by atoms with E-state index >= 15 is 0 Å². The van der Waals surface area contributed by atoms with Crippen LogP contribution in [0.5, 0.6) is 5.75 Å². The van der Waals surface area contributed by atoms with E-state index in [1.54, 1.807) is 30.3 Å². The van der Waals surface area contributed by atoms with Crippen LogP contribution in [0, 0.1) is 0 Å². The van der Waals surface area contributed by atoms with Crippen molar-refractivity contribution >= 4 is 28.9 Å². The monoisotopic (exact) mass is 371 g/mol. The molecule has 4 rings (SSSR count). The molecule has 138 valence electrons. The van der Waals surface area contributed by atoms with Crippen LogP contribution in [0.3, 0.4) is 0 Å². The van der Waals surface area contributed by atoms with E-state index in [-0.39, 0.29) is 12.5 Å². The summed E-state index contributed by atoms with van der Waals surface area (Å²) in [5.41, 5.74) is 3.74. The van der Waals surface area contributed by atoms with Gasteiger partial charge in [0.1, 0.15) is 11.6 Å². The molecule has 1 amide bonds. The van der Waals surface area contributed by atoms with Crippen LogP contribution in [0.1, 0.15) is 10.4 Å². The number of aromatic amines is 1. The average molecular weight is 371 g/mol. The van der Waals surface area contributed by atoms with Gasteiger partial charge in [-0.25, -0.2) is 4.98 Å². The number of aldehydes is 1. The summed E-state index contributed by atoms with van der Waals surface area (Å²) in [7, 11) is 0. The lowest BCUT2D eigenvalue weighted by Crippen LogP contribution is -2.20. The molecule has 6 nitrogen and oxygen atoms in total. The molecule has 0 unspecified atom stereocenters. The van der Waals surface area contributed by atoms with Crippen LogP contribution in [-0.4, -0.2) is 28.8 Å². The summed E-state index contributed by atoms with van der Waals surface area (Å²) in [6.45, 7) is -0.195. The van der Waals surface area contributed by atoms with Crippen molar-refractivity contribution in [1.82, 2.24) is 9.97 Å². The second kappa shape index (κ2) is 7.75. The van der Waals surface area contributed by atoms with E-state index in [4.69, 9.17) is 4.74 Å². The third kappa shape index (κ3) is 3.76. The molecule has 1 heterocycles. The van der Waals surface area contributed by atoms with Crippen molar-refractivity contribution < 1.29 is 14.3 Å². The van der Waals surface area contributed by atoms with Gasteiger partial charge in [0.15, 0.2) is 12.9 Å². The van der Waals surface area contributed by atoms with E-state index in [9.17, 15) is 9.59 Å². The fourth-order valence-electron chi connectivity index (χ4n) is 2.88. The number of amides is 1. The van der Waals surface area contributed by atoms with Crippen molar-refractivity contribution in [2.45, 2.75) is 0 Å². The van der Waals surface area contributed by atoms with Gasteiger partial charge in [-0.2, -0.15) is 0 Å². The van der Waals surface area contributed by atoms with Crippen molar-refractivity contribution in [3.63, 3.8) is 0 Å². The molecule has 0 atom stereocenters. The molecular formula is C22H17N3O3. The Hall–Kier alpha value is -3.93. The first-order valence-corrected chi connectivity index (χ1v) is 8.75. The number of hydrogen-bond acceptors (Lipinski definition) is 4. The normalized spacial score (nSPS) is 10.6. The van der Waals surface area contributed by atoms with Gasteiger partial charge in [-0.05, 0) is 36.4 Å². The van der Waals surface area contributed by atoms with E-state index in [2.05, 4.69) is 15.3 Å². The van der Waals surface area contributed by atoms with Gasteiger partial charge in [-0.1, -0.05) is 36.4 Å². The number of imidazole rings is 1.